The SMILES string of the molecule is CCOc1ccc(/C=C2\C(=O)N(CC)C(C)=C2C(=O)OC)cc1. The van der Waals surface area contributed by atoms with E-state index in [1.54, 1.807) is 17.9 Å². The largest absolute Gasteiger partial charge is 0.494 e. The Labute approximate surface area is 136 Å². The molecular weight excluding hydrogens is 294 g/mol. The van der Waals surface area contributed by atoms with Gasteiger partial charge in [0.05, 0.1) is 24.9 Å². The number of esters is 1. The highest BCUT2D eigenvalue weighted by molar-refractivity contribution is 6.16. The highest BCUT2D eigenvalue weighted by Crippen LogP contribution is 2.31. The molecule has 0 radical (unpaired) electrons. The number of likely N-dealkylation sites (N-methyl/N-ethyl adjacent to an activating group) is 1. The molecule has 2 rings (SSSR count). The predicted molar refractivity (Wildman–Crippen MR) is 87.7 cm³/mol. The molecule has 5 nitrogen and oxygen atoms in total. The van der Waals surface area contributed by atoms with Gasteiger partial charge in [-0.05, 0) is 44.5 Å². The molecule has 0 bridgehead atoms. The number of rotatable bonds is 5. The Hall–Kier alpha value is -2.56. The van der Waals surface area contributed by atoms with Crippen LogP contribution in [-0.2, 0) is 14.3 Å². The molecule has 0 unspecified atom stereocenters. The fourth-order valence-electron chi connectivity index (χ4n) is 2.60. The van der Waals surface area contributed by atoms with Crippen molar-refractivity contribution in [1.82, 2.24) is 4.90 Å². The van der Waals surface area contributed by atoms with Crippen LogP contribution in [0.4, 0.5) is 0 Å². The van der Waals surface area contributed by atoms with Gasteiger partial charge in [-0.1, -0.05) is 12.1 Å². The van der Waals surface area contributed by atoms with Crippen LogP contribution in [0.3, 0.4) is 0 Å². The van der Waals surface area contributed by atoms with Gasteiger partial charge in [-0.3, -0.25) is 4.79 Å². The molecule has 23 heavy (non-hydrogen) atoms. The van der Waals surface area contributed by atoms with Crippen LogP contribution in [0.1, 0.15) is 26.3 Å². The van der Waals surface area contributed by atoms with E-state index >= 15 is 0 Å². The number of carbonyl (C=O) groups excluding carboxylic acids is 2. The van der Waals surface area contributed by atoms with Crippen molar-refractivity contribution in [2.24, 2.45) is 0 Å². The molecule has 0 spiro atoms. The van der Waals surface area contributed by atoms with E-state index < -0.39 is 5.97 Å². The Bertz CT molecular complexity index is 671. The van der Waals surface area contributed by atoms with Crippen LogP contribution < -0.4 is 4.74 Å². The smallest absolute Gasteiger partial charge is 0.340 e. The monoisotopic (exact) mass is 315 g/mol. The molecule has 122 valence electrons. The summed E-state index contributed by atoms with van der Waals surface area (Å²) in [5.41, 5.74) is 2.14. The maximum absolute atomic E-state index is 12.5. The number of hydrogen-bond acceptors (Lipinski definition) is 4. The van der Waals surface area contributed by atoms with Gasteiger partial charge < -0.3 is 14.4 Å². The van der Waals surface area contributed by atoms with E-state index in [9.17, 15) is 9.59 Å². The van der Waals surface area contributed by atoms with Crippen molar-refractivity contribution >= 4 is 18.0 Å². The van der Waals surface area contributed by atoms with Crippen LogP contribution in [0.15, 0.2) is 41.1 Å². The van der Waals surface area contributed by atoms with Crippen molar-refractivity contribution in [2.75, 3.05) is 20.3 Å². The zero-order chi connectivity index (χ0) is 17.0. The Kier molecular flexibility index (Phi) is 5.21. The molecule has 0 N–H and O–H groups in total. The normalized spacial score (nSPS) is 16.3. The number of ether oxygens (including phenoxy) is 2. The highest BCUT2D eigenvalue weighted by Gasteiger charge is 2.35. The summed E-state index contributed by atoms with van der Waals surface area (Å²) in [7, 11) is 1.32. The van der Waals surface area contributed by atoms with Crippen molar-refractivity contribution in [3.05, 3.63) is 46.7 Å². The highest BCUT2D eigenvalue weighted by atomic mass is 16.5. The summed E-state index contributed by atoms with van der Waals surface area (Å²) in [6, 6.07) is 7.37. The van der Waals surface area contributed by atoms with Gasteiger partial charge in [0.25, 0.3) is 5.91 Å². The second-order valence-electron chi connectivity index (χ2n) is 5.06. The lowest BCUT2D eigenvalue weighted by molar-refractivity contribution is -0.136. The molecule has 0 atom stereocenters. The molecule has 5 heteroatoms. The zero-order valence-electron chi connectivity index (χ0n) is 13.9. The Morgan fingerprint density at radius 3 is 2.39 bits per heavy atom. The van der Waals surface area contributed by atoms with E-state index in [-0.39, 0.29) is 5.91 Å². The molecule has 0 saturated heterocycles. The Morgan fingerprint density at radius 1 is 1.22 bits per heavy atom. The summed E-state index contributed by atoms with van der Waals surface area (Å²) in [6.45, 7) is 6.65. The molecule has 1 aromatic rings. The first-order valence-corrected chi connectivity index (χ1v) is 7.59. The first-order valence-electron chi connectivity index (χ1n) is 7.59. The van der Waals surface area contributed by atoms with E-state index in [0.717, 1.165) is 11.3 Å². The van der Waals surface area contributed by atoms with Crippen molar-refractivity contribution in [2.45, 2.75) is 20.8 Å². The molecule has 1 aromatic carbocycles. The molecule has 0 saturated carbocycles. The predicted octanol–water partition coefficient (Wildman–Crippen LogP) is 2.78. The number of carbonyl (C=O) groups is 2. The summed E-state index contributed by atoms with van der Waals surface area (Å²) < 4.78 is 10.2. The van der Waals surface area contributed by atoms with Crippen LogP contribution in [0, 0.1) is 0 Å². The lowest BCUT2D eigenvalue weighted by Crippen LogP contribution is -2.24. The number of hydrogen-bond donors (Lipinski definition) is 0. The number of methoxy groups -OCH3 is 1. The molecule has 0 aliphatic carbocycles. The average Bonchev–Trinajstić information content (AvgIpc) is 2.79. The van der Waals surface area contributed by atoms with Crippen molar-refractivity contribution < 1.29 is 19.1 Å². The van der Waals surface area contributed by atoms with Crippen LogP contribution in [0.2, 0.25) is 0 Å². The van der Waals surface area contributed by atoms with E-state index in [1.165, 1.54) is 7.11 Å². The first-order chi connectivity index (χ1) is 11.0. The number of nitrogens with zero attached hydrogens (tertiary/aromatic N) is 1. The minimum atomic E-state index is -0.496. The number of allylic oxidation sites excluding steroid dienone is 1. The third-order valence-corrected chi connectivity index (χ3v) is 3.72. The van der Waals surface area contributed by atoms with Crippen molar-refractivity contribution in [3.8, 4) is 5.75 Å². The van der Waals surface area contributed by atoms with Gasteiger partial charge in [-0.2, -0.15) is 0 Å². The van der Waals surface area contributed by atoms with Crippen LogP contribution in [-0.4, -0.2) is 37.0 Å². The summed E-state index contributed by atoms with van der Waals surface area (Å²) in [5, 5.41) is 0. The van der Waals surface area contributed by atoms with Crippen molar-refractivity contribution in [1.29, 1.82) is 0 Å². The fraction of sp³-hybridized carbons (Fsp3) is 0.333. The van der Waals surface area contributed by atoms with E-state index in [1.807, 2.05) is 38.1 Å². The maximum Gasteiger partial charge on any atom is 0.340 e. The molecule has 1 heterocycles. The number of benzene rings is 1. The third kappa shape index (κ3) is 3.28. The summed E-state index contributed by atoms with van der Waals surface area (Å²) in [5.74, 6) is 0.0887. The first kappa shape index (κ1) is 16.8. The summed E-state index contributed by atoms with van der Waals surface area (Å²) in [6.07, 6.45) is 1.71. The summed E-state index contributed by atoms with van der Waals surface area (Å²) >= 11 is 0. The zero-order valence-corrected chi connectivity index (χ0v) is 13.9. The van der Waals surface area contributed by atoms with Gasteiger partial charge in [-0.25, -0.2) is 4.79 Å². The molecule has 1 amide bonds. The van der Waals surface area contributed by atoms with Crippen LogP contribution >= 0.6 is 0 Å². The van der Waals surface area contributed by atoms with Gasteiger partial charge in [-0.15, -0.1) is 0 Å². The molecule has 0 fully saturated rings. The molecular formula is C18H21NO4. The minimum absolute atomic E-state index is 0.181. The lowest BCUT2D eigenvalue weighted by Gasteiger charge is -2.14. The van der Waals surface area contributed by atoms with Gasteiger partial charge in [0.2, 0.25) is 0 Å². The van der Waals surface area contributed by atoms with Crippen LogP contribution in [0.5, 0.6) is 5.75 Å². The van der Waals surface area contributed by atoms with Crippen molar-refractivity contribution in [3.63, 3.8) is 0 Å². The third-order valence-electron chi connectivity index (χ3n) is 3.72. The Morgan fingerprint density at radius 2 is 1.87 bits per heavy atom. The van der Waals surface area contributed by atoms with E-state index in [0.29, 0.717) is 30.0 Å². The standard InChI is InChI=1S/C18H21NO4/c1-5-19-12(3)16(18(21)22-4)15(17(19)20)11-13-7-9-14(10-8-13)23-6-2/h7-11H,5-6H2,1-4H3/b15-11-. The second-order valence-corrected chi connectivity index (χ2v) is 5.06. The number of amides is 1. The molecule has 0 aromatic heterocycles. The average molecular weight is 315 g/mol. The van der Waals surface area contributed by atoms with Gasteiger partial charge >= 0.3 is 5.97 Å². The molecule has 1 aliphatic heterocycles. The van der Waals surface area contributed by atoms with E-state index in [4.69, 9.17) is 9.47 Å². The minimum Gasteiger partial charge on any atom is -0.494 e. The molecule has 1 aliphatic rings. The van der Waals surface area contributed by atoms with Gasteiger partial charge in [0, 0.05) is 12.2 Å². The maximum atomic E-state index is 12.5. The van der Waals surface area contributed by atoms with Gasteiger partial charge in [0.1, 0.15) is 5.75 Å². The quantitative estimate of drug-likeness (QED) is 0.619. The van der Waals surface area contributed by atoms with Crippen LogP contribution in [0.25, 0.3) is 6.08 Å². The topological polar surface area (TPSA) is 55.8 Å². The second kappa shape index (κ2) is 7.13. The lowest BCUT2D eigenvalue weighted by atomic mass is 10.0. The van der Waals surface area contributed by atoms with Gasteiger partial charge in [0.15, 0.2) is 0 Å². The van der Waals surface area contributed by atoms with E-state index in [2.05, 4.69) is 0 Å². The summed E-state index contributed by atoms with van der Waals surface area (Å²) in [4.78, 5) is 26.2. The Balaban J connectivity index is 2.42. The fourth-order valence-corrected chi connectivity index (χ4v) is 2.60.